The normalized spacial score (nSPS) is 50.0. The fourth-order valence-electron chi connectivity index (χ4n) is 9.22. The van der Waals surface area contributed by atoms with E-state index < -0.39 is 0 Å². The molecule has 30 heavy (non-hydrogen) atoms. The summed E-state index contributed by atoms with van der Waals surface area (Å²) >= 11 is 0. The maximum Gasteiger partial charge on any atom is 0.0163 e. The molecule has 0 bridgehead atoms. The number of hydrogen-bond donors (Lipinski definition) is 0. The van der Waals surface area contributed by atoms with Crippen LogP contribution in [-0.4, -0.2) is 23.0 Å². The first-order chi connectivity index (χ1) is 14.6. The van der Waals surface area contributed by atoms with Crippen LogP contribution in [0.15, 0.2) is 0 Å². The molecule has 0 radical (unpaired) electrons. The Kier molecular flexibility index (Phi) is 6.86. The van der Waals surface area contributed by atoms with Crippen molar-refractivity contribution in [3.63, 3.8) is 0 Å². The summed E-state index contributed by atoms with van der Waals surface area (Å²) in [5.74, 6) is 7.11. The van der Waals surface area contributed by atoms with E-state index in [0.29, 0.717) is 0 Å². The fraction of sp³-hybridized carbons (Fsp3) is 1.00. The van der Waals surface area contributed by atoms with Crippen molar-refractivity contribution in [1.82, 2.24) is 4.90 Å². The molecule has 5 aliphatic rings. The molecule has 0 aromatic carbocycles. The Morgan fingerprint density at radius 3 is 1.67 bits per heavy atom. The van der Waals surface area contributed by atoms with E-state index in [4.69, 9.17) is 0 Å². The molecule has 7 unspecified atom stereocenters. The molecule has 7 atom stereocenters. The lowest BCUT2D eigenvalue weighted by Gasteiger charge is -2.59. The highest BCUT2D eigenvalue weighted by Gasteiger charge is 2.51. The molecule has 5 rings (SSSR count). The molecule has 5 aliphatic carbocycles. The van der Waals surface area contributed by atoms with Crippen molar-refractivity contribution in [2.75, 3.05) is 0 Å². The van der Waals surface area contributed by atoms with Crippen LogP contribution in [0.3, 0.4) is 0 Å². The Balaban J connectivity index is 1.47. The predicted octanol–water partition coefficient (Wildman–Crippen LogP) is 8.08. The first kappa shape index (κ1) is 21.8. The first-order valence-corrected chi connectivity index (χ1v) is 14.4. The minimum absolute atomic E-state index is 0.905. The van der Waals surface area contributed by atoms with E-state index in [1.807, 2.05) is 0 Å². The molecule has 0 aromatic heterocycles. The third-order valence-electron chi connectivity index (χ3n) is 11.2. The second kappa shape index (κ2) is 9.44. The molecule has 0 aromatic rings. The van der Waals surface area contributed by atoms with Gasteiger partial charge in [-0.05, 0) is 106 Å². The molecule has 0 amide bonds. The van der Waals surface area contributed by atoms with Crippen molar-refractivity contribution in [3.05, 3.63) is 0 Å². The highest BCUT2D eigenvalue weighted by Crippen LogP contribution is 2.54. The van der Waals surface area contributed by atoms with Gasteiger partial charge in [0.25, 0.3) is 0 Å². The third kappa shape index (κ3) is 4.27. The average Bonchev–Trinajstić information content (AvgIpc) is 2.77. The van der Waals surface area contributed by atoms with Gasteiger partial charge in [-0.2, -0.15) is 0 Å². The van der Waals surface area contributed by atoms with E-state index in [2.05, 4.69) is 25.7 Å². The largest absolute Gasteiger partial charge is 0.294 e. The molecule has 0 N–H and O–H groups in total. The van der Waals surface area contributed by atoms with Crippen LogP contribution in [0.4, 0.5) is 0 Å². The fourth-order valence-corrected chi connectivity index (χ4v) is 9.22. The van der Waals surface area contributed by atoms with E-state index in [0.717, 1.165) is 59.6 Å². The van der Waals surface area contributed by atoms with Crippen molar-refractivity contribution < 1.29 is 0 Å². The number of nitrogens with zero attached hydrogens (tertiary/aromatic N) is 1. The van der Waals surface area contributed by atoms with Gasteiger partial charge in [-0.1, -0.05) is 59.3 Å². The quantitative estimate of drug-likeness (QED) is 0.452. The smallest absolute Gasteiger partial charge is 0.0163 e. The van der Waals surface area contributed by atoms with Gasteiger partial charge in [0.1, 0.15) is 0 Å². The van der Waals surface area contributed by atoms with Crippen LogP contribution in [0.25, 0.3) is 0 Å². The van der Waals surface area contributed by atoms with Gasteiger partial charge in [0, 0.05) is 18.1 Å². The highest BCUT2D eigenvalue weighted by atomic mass is 15.2. The zero-order valence-electron chi connectivity index (χ0n) is 20.5. The van der Waals surface area contributed by atoms with E-state index in [-0.39, 0.29) is 0 Å². The molecule has 1 nitrogen and oxygen atoms in total. The van der Waals surface area contributed by atoms with Crippen molar-refractivity contribution in [1.29, 1.82) is 0 Å². The zero-order valence-corrected chi connectivity index (χ0v) is 20.5. The summed E-state index contributed by atoms with van der Waals surface area (Å²) in [5, 5.41) is 0. The van der Waals surface area contributed by atoms with Gasteiger partial charge in [0.2, 0.25) is 0 Å². The van der Waals surface area contributed by atoms with Gasteiger partial charge >= 0.3 is 0 Å². The summed E-state index contributed by atoms with van der Waals surface area (Å²) in [6.07, 6.45) is 24.5. The van der Waals surface area contributed by atoms with Crippen LogP contribution in [0.1, 0.15) is 124 Å². The number of hydrogen-bond acceptors (Lipinski definition) is 1. The zero-order chi connectivity index (χ0) is 20.7. The highest BCUT2D eigenvalue weighted by molar-refractivity contribution is 5.03. The lowest BCUT2D eigenvalue weighted by molar-refractivity contribution is -0.0973. The van der Waals surface area contributed by atoms with Gasteiger partial charge in [-0.15, -0.1) is 0 Å². The molecule has 5 fully saturated rings. The van der Waals surface area contributed by atoms with E-state index in [9.17, 15) is 0 Å². The summed E-state index contributed by atoms with van der Waals surface area (Å²) in [6, 6.07) is 2.78. The molecule has 172 valence electrons. The van der Waals surface area contributed by atoms with Crippen LogP contribution in [0.2, 0.25) is 0 Å². The topological polar surface area (TPSA) is 3.24 Å². The standard InChI is InChI=1S/C29H51N/c1-20-12-15-25(16-13-20)30(26-17-14-21(2)22(3)18-26)29-27-10-6-4-8-23(27)19-24-9-5-7-11-28(24)29/h20-29H,4-19H2,1-3H3. The lowest BCUT2D eigenvalue weighted by Crippen LogP contribution is -2.61. The SMILES string of the molecule is CC1CCC(N(C2CCC(C)C(C)C2)C2C3CCCCC3CC3CCCCC32)CC1. The molecule has 1 heteroatoms. The Labute approximate surface area is 188 Å². The van der Waals surface area contributed by atoms with Crippen molar-refractivity contribution >= 4 is 0 Å². The first-order valence-electron chi connectivity index (χ1n) is 14.4. The Bertz CT molecular complexity index is 527. The van der Waals surface area contributed by atoms with Gasteiger partial charge in [0.05, 0.1) is 0 Å². The number of rotatable bonds is 3. The minimum atomic E-state index is 0.905. The number of fused-ring (bicyclic) bond motifs is 2. The molecule has 0 saturated heterocycles. The van der Waals surface area contributed by atoms with Crippen LogP contribution >= 0.6 is 0 Å². The molecule has 0 aliphatic heterocycles. The van der Waals surface area contributed by atoms with Gasteiger partial charge in [0.15, 0.2) is 0 Å². The Hall–Kier alpha value is -0.0400. The summed E-state index contributed by atoms with van der Waals surface area (Å²) in [4.78, 5) is 3.33. The molecule has 5 saturated carbocycles. The van der Waals surface area contributed by atoms with Gasteiger partial charge < -0.3 is 0 Å². The van der Waals surface area contributed by atoms with Gasteiger partial charge in [-0.25, -0.2) is 0 Å². The monoisotopic (exact) mass is 413 g/mol. The summed E-state index contributed by atoms with van der Waals surface area (Å²) in [5.41, 5.74) is 0. The summed E-state index contributed by atoms with van der Waals surface area (Å²) < 4.78 is 0. The van der Waals surface area contributed by atoms with Crippen LogP contribution in [0, 0.1) is 41.4 Å². The van der Waals surface area contributed by atoms with E-state index >= 15 is 0 Å². The maximum atomic E-state index is 3.33. The van der Waals surface area contributed by atoms with Crippen LogP contribution in [0.5, 0.6) is 0 Å². The molecule has 0 heterocycles. The van der Waals surface area contributed by atoms with Crippen LogP contribution < -0.4 is 0 Å². The molecular weight excluding hydrogens is 362 g/mol. The average molecular weight is 414 g/mol. The maximum absolute atomic E-state index is 3.33. The van der Waals surface area contributed by atoms with E-state index in [1.54, 1.807) is 32.1 Å². The van der Waals surface area contributed by atoms with Crippen molar-refractivity contribution in [2.45, 2.75) is 142 Å². The Morgan fingerprint density at radius 1 is 0.500 bits per heavy atom. The predicted molar refractivity (Wildman–Crippen MR) is 129 cm³/mol. The summed E-state index contributed by atoms with van der Waals surface area (Å²) in [6.45, 7) is 7.62. The van der Waals surface area contributed by atoms with Crippen LogP contribution in [-0.2, 0) is 0 Å². The molecule has 0 spiro atoms. The van der Waals surface area contributed by atoms with Gasteiger partial charge in [-0.3, -0.25) is 4.90 Å². The third-order valence-corrected chi connectivity index (χ3v) is 11.2. The second-order valence-electron chi connectivity index (χ2n) is 12.9. The van der Waals surface area contributed by atoms with Crippen molar-refractivity contribution in [2.24, 2.45) is 41.4 Å². The minimum Gasteiger partial charge on any atom is -0.294 e. The molecular formula is C29H51N. The lowest BCUT2D eigenvalue weighted by atomic mass is 9.56. The Morgan fingerprint density at radius 2 is 1.07 bits per heavy atom. The van der Waals surface area contributed by atoms with E-state index in [1.165, 1.54) is 70.6 Å². The van der Waals surface area contributed by atoms with Crippen molar-refractivity contribution in [3.8, 4) is 0 Å². The summed E-state index contributed by atoms with van der Waals surface area (Å²) in [7, 11) is 0. The second-order valence-corrected chi connectivity index (χ2v) is 12.9.